The molecule has 1 aromatic heterocycles. The third kappa shape index (κ3) is 3.47. The van der Waals surface area contributed by atoms with Gasteiger partial charge < -0.3 is 5.73 Å². The minimum Gasteiger partial charge on any atom is -0.374 e. The van der Waals surface area contributed by atoms with Gasteiger partial charge in [-0.05, 0) is 24.0 Å². The maximum Gasteiger partial charge on any atom is 0.416 e. The SMILES string of the molecule is CC(CCc1nnc(N)s1)c1ccccc1C(F)(F)F. The highest BCUT2D eigenvalue weighted by molar-refractivity contribution is 7.15. The van der Waals surface area contributed by atoms with Crippen molar-refractivity contribution in [3.63, 3.8) is 0 Å². The van der Waals surface area contributed by atoms with E-state index in [1.54, 1.807) is 13.0 Å². The lowest BCUT2D eigenvalue weighted by molar-refractivity contribution is -0.138. The standard InChI is InChI=1S/C13H14F3N3S/c1-8(6-7-11-18-19-12(17)20-11)9-4-2-3-5-10(9)13(14,15)16/h2-5,8H,6-7H2,1H3,(H2,17,19). The van der Waals surface area contributed by atoms with Crippen molar-refractivity contribution in [2.75, 3.05) is 5.73 Å². The van der Waals surface area contributed by atoms with E-state index in [2.05, 4.69) is 10.2 Å². The van der Waals surface area contributed by atoms with E-state index in [0.29, 0.717) is 23.5 Å². The number of nitrogens with zero attached hydrogens (tertiary/aromatic N) is 2. The fraction of sp³-hybridized carbons (Fsp3) is 0.385. The number of hydrogen-bond donors (Lipinski definition) is 1. The van der Waals surface area contributed by atoms with Crippen molar-refractivity contribution in [2.24, 2.45) is 0 Å². The lowest BCUT2D eigenvalue weighted by atomic mass is 9.92. The van der Waals surface area contributed by atoms with Gasteiger partial charge in [0.15, 0.2) is 0 Å². The van der Waals surface area contributed by atoms with Crippen LogP contribution >= 0.6 is 11.3 Å². The molecule has 2 aromatic rings. The van der Waals surface area contributed by atoms with Gasteiger partial charge in [0.05, 0.1) is 5.56 Å². The average Bonchev–Trinajstić information content (AvgIpc) is 2.81. The summed E-state index contributed by atoms with van der Waals surface area (Å²) < 4.78 is 38.8. The average molecular weight is 301 g/mol. The topological polar surface area (TPSA) is 51.8 Å². The molecule has 0 aliphatic heterocycles. The molecule has 108 valence electrons. The highest BCUT2D eigenvalue weighted by atomic mass is 32.1. The Balaban J connectivity index is 2.11. The molecule has 2 rings (SSSR count). The van der Waals surface area contributed by atoms with Crippen molar-refractivity contribution in [3.8, 4) is 0 Å². The highest BCUT2D eigenvalue weighted by Crippen LogP contribution is 2.36. The summed E-state index contributed by atoms with van der Waals surface area (Å²) in [6, 6.07) is 5.69. The lowest BCUT2D eigenvalue weighted by Crippen LogP contribution is -2.11. The molecule has 0 saturated carbocycles. The molecular weight excluding hydrogens is 287 g/mol. The van der Waals surface area contributed by atoms with E-state index in [1.807, 2.05) is 0 Å². The van der Waals surface area contributed by atoms with Crippen LogP contribution in [0, 0.1) is 0 Å². The molecule has 20 heavy (non-hydrogen) atoms. The van der Waals surface area contributed by atoms with E-state index in [9.17, 15) is 13.2 Å². The quantitative estimate of drug-likeness (QED) is 0.932. The van der Waals surface area contributed by atoms with Gasteiger partial charge in [-0.15, -0.1) is 10.2 Å². The van der Waals surface area contributed by atoms with Crippen molar-refractivity contribution in [3.05, 3.63) is 40.4 Å². The minimum absolute atomic E-state index is 0.210. The van der Waals surface area contributed by atoms with Crippen LogP contribution in [0.25, 0.3) is 0 Å². The van der Waals surface area contributed by atoms with E-state index < -0.39 is 11.7 Å². The summed E-state index contributed by atoms with van der Waals surface area (Å²) >= 11 is 1.27. The Labute approximate surface area is 118 Å². The maximum absolute atomic E-state index is 12.9. The Morgan fingerprint density at radius 3 is 2.55 bits per heavy atom. The van der Waals surface area contributed by atoms with Gasteiger partial charge in [-0.2, -0.15) is 13.2 Å². The number of nitrogens with two attached hydrogens (primary N) is 1. The Morgan fingerprint density at radius 2 is 1.95 bits per heavy atom. The Morgan fingerprint density at radius 1 is 1.25 bits per heavy atom. The number of hydrogen-bond acceptors (Lipinski definition) is 4. The third-order valence-electron chi connectivity index (χ3n) is 3.07. The Kier molecular flexibility index (Phi) is 4.27. The third-order valence-corrected chi connectivity index (χ3v) is 3.88. The molecule has 0 aliphatic rings. The first kappa shape index (κ1) is 14.8. The summed E-state index contributed by atoms with van der Waals surface area (Å²) in [7, 11) is 0. The van der Waals surface area contributed by atoms with Gasteiger partial charge in [0.2, 0.25) is 5.13 Å². The van der Waals surface area contributed by atoms with Gasteiger partial charge >= 0.3 is 6.18 Å². The molecule has 1 atom stereocenters. The predicted octanol–water partition coefficient (Wildman–Crippen LogP) is 3.88. The van der Waals surface area contributed by atoms with Gasteiger partial charge in [0, 0.05) is 6.42 Å². The molecule has 2 N–H and O–H groups in total. The van der Waals surface area contributed by atoms with E-state index in [4.69, 9.17) is 5.73 Å². The molecule has 7 heteroatoms. The van der Waals surface area contributed by atoms with Crippen molar-refractivity contribution in [1.29, 1.82) is 0 Å². The van der Waals surface area contributed by atoms with Crippen LogP contribution in [0.15, 0.2) is 24.3 Å². The second-order valence-electron chi connectivity index (χ2n) is 4.56. The van der Waals surface area contributed by atoms with E-state index in [1.165, 1.54) is 23.5 Å². The number of halogens is 3. The lowest BCUT2D eigenvalue weighted by Gasteiger charge is -2.17. The van der Waals surface area contributed by atoms with Gasteiger partial charge in [0.25, 0.3) is 0 Å². The van der Waals surface area contributed by atoms with Gasteiger partial charge in [-0.1, -0.05) is 36.5 Å². The summed E-state index contributed by atoms with van der Waals surface area (Å²) in [5.74, 6) is -0.210. The van der Waals surface area contributed by atoms with Crippen molar-refractivity contribution < 1.29 is 13.2 Å². The molecule has 0 aliphatic carbocycles. The van der Waals surface area contributed by atoms with Crippen LogP contribution < -0.4 is 5.73 Å². The zero-order valence-corrected chi connectivity index (χ0v) is 11.6. The first-order valence-corrected chi connectivity index (χ1v) is 6.93. The number of benzene rings is 1. The van der Waals surface area contributed by atoms with Crippen LogP contribution in [0.4, 0.5) is 18.3 Å². The van der Waals surface area contributed by atoms with Crippen molar-refractivity contribution >= 4 is 16.5 Å². The van der Waals surface area contributed by atoms with Crippen molar-refractivity contribution in [1.82, 2.24) is 10.2 Å². The second-order valence-corrected chi connectivity index (χ2v) is 5.65. The molecule has 1 aromatic carbocycles. The molecule has 1 unspecified atom stereocenters. The molecule has 0 saturated heterocycles. The summed E-state index contributed by atoms with van der Waals surface area (Å²) in [5.41, 5.74) is 5.23. The predicted molar refractivity (Wildman–Crippen MR) is 72.5 cm³/mol. The normalized spacial score (nSPS) is 13.4. The van der Waals surface area contributed by atoms with Gasteiger partial charge in [0.1, 0.15) is 5.01 Å². The second kappa shape index (κ2) is 5.78. The zero-order valence-electron chi connectivity index (χ0n) is 10.8. The maximum atomic E-state index is 12.9. The number of anilines is 1. The molecular formula is C13H14F3N3S. The summed E-state index contributed by atoms with van der Waals surface area (Å²) in [5, 5.41) is 8.69. The monoisotopic (exact) mass is 301 g/mol. The number of nitrogen functional groups attached to an aromatic ring is 1. The first-order valence-electron chi connectivity index (χ1n) is 6.12. The highest BCUT2D eigenvalue weighted by Gasteiger charge is 2.33. The zero-order chi connectivity index (χ0) is 14.8. The Hall–Kier alpha value is -1.63. The van der Waals surface area contributed by atoms with Crippen LogP contribution in [-0.2, 0) is 12.6 Å². The van der Waals surface area contributed by atoms with Crippen LogP contribution in [0.2, 0.25) is 0 Å². The molecule has 3 nitrogen and oxygen atoms in total. The van der Waals surface area contributed by atoms with Crippen LogP contribution in [0.3, 0.4) is 0 Å². The van der Waals surface area contributed by atoms with Crippen LogP contribution in [0.1, 0.15) is 35.4 Å². The number of rotatable bonds is 4. The van der Waals surface area contributed by atoms with E-state index in [-0.39, 0.29) is 5.92 Å². The summed E-state index contributed by atoms with van der Waals surface area (Å²) in [6.45, 7) is 1.79. The minimum atomic E-state index is -4.32. The Bertz CT molecular complexity index is 580. The van der Waals surface area contributed by atoms with Gasteiger partial charge in [-0.25, -0.2) is 0 Å². The van der Waals surface area contributed by atoms with E-state index in [0.717, 1.165) is 11.1 Å². The molecule has 0 spiro atoms. The fourth-order valence-electron chi connectivity index (χ4n) is 2.05. The molecule has 0 bridgehead atoms. The van der Waals surface area contributed by atoms with Crippen LogP contribution in [-0.4, -0.2) is 10.2 Å². The van der Waals surface area contributed by atoms with Crippen LogP contribution in [0.5, 0.6) is 0 Å². The first-order chi connectivity index (χ1) is 9.38. The smallest absolute Gasteiger partial charge is 0.374 e. The van der Waals surface area contributed by atoms with Gasteiger partial charge in [-0.3, -0.25) is 0 Å². The molecule has 0 amide bonds. The molecule has 0 radical (unpaired) electrons. The number of aromatic nitrogens is 2. The summed E-state index contributed by atoms with van der Waals surface area (Å²) in [4.78, 5) is 0. The fourth-order valence-corrected chi connectivity index (χ4v) is 2.67. The largest absolute Gasteiger partial charge is 0.416 e. The van der Waals surface area contributed by atoms with Crippen molar-refractivity contribution in [2.45, 2.75) is 31.9 Å². The number of alkyl halides is 3. The molecule has 0 fully saturated rings. The van der Waals surface area contributed by atoms with E-state index >= 15 is 0 Å². The summed E-state index contributed by atoms with van der Waals surface area (Å²) in [6.07, 6.45) is -3.18. The molecule has 1 heterocycles. The number of aryl methyl sites for hydroxylation is 1.